The van der Waals surface area contributed by atoms with Crippen molar-refractivity contribution in [1.82, 2.24) is 0 Å². The first kappa shape index (κ1) is 15.3. The predicted molar refractivity (Wildman–Crippen MR) is 83.9 cm³/mol. The van der Waals surface area contributed by atoms with Crippen LogP contribution in [0.1, 0.15) is 5.56 Å². The molecule has 0 radical (unpaired) electrons. The van der Waals surface area contributed by atoms with Gasteiger partial charge in [0.15, 0.2) is 11.5 Å². The molecule has 0 spiro atoms. The Balaban J connectivity index is 2.04. The van der Waals surface area contributed by atoms with Gasteiger partial charge in [-0.3, -0.25) is 15.5 Å². The molecule has 1 N–H and O–H groups in total. The second-order valence-corrected chi connectivity index (χ2v) is 4.29. The van der Waals surface area contributed by atoms with Gasteiger partial charge in [-0.05, 0) is 35.9 Å². The van der Waals surface area contributed by atoms with E-state index in [2.05, 4.69) is 10.5 Å². The molecule has 2 rings (SSSR count). The van der Waals surface area contributed by atoms with Gasteiger partial charge in [0.05, 0.1) is 31.0 Å². The molecule has 0 saturated heterocycles. The SMILES string of the molecule is COc1ccc(/C=N/Nc2ccc([N+](=O)[O-])cc2)cc1OC. The highest BCUT2D eigenvalue weighted by atomic mass is 16.6. The van der Waals surface area contributed by atoms with Crippen LogP contribution in [0.25, 0.3) is 0 Å². The Hall–Kier alpha value is -3.09. The molecule has 114 valence electrons. The third kappa shape index (κ3) is 3.72. The van der Waals surface area contributed by atoms with Gasteiger partial charge in [0.2, 0.25) is 0 Å². The molecule has 0 fully saturated rings. The van der Waals surface area contributed by atoms with E-state index in [0.717, 1.165) is 5.56 Å². The highest BCUT2D eigenvalue weighted by Crippen LogP contribution is 2.26. The van der Waals surface area contributed by atoms with Crippen molar-refractivity contribution in [3.8, 4) is 11.5 Å². The molecule has 0 aliphatic carbocycles. The minimum absolute atomic E-state index is 0.0365. The topological polar surface area (TPSA) is 86.0 Å². The Morgan fingerprint density at radius 2 is 1.77 bits per heavy atom. The molecular formula is C15H15N3O4. The Morgan fingerprint density at radius 1 is 1.09 bits per heavy atom. The first-order valence-corrected chi connectivity index (χ1v) is 6.39. The summed E-state index contributed by atoms with van der Waals surface area (Å²) >= 11 is 0. The van der Waals surface area contributed by atoms with E-state index in [4.69, 9.17) is 9.47 Å². The van der Waals surface area contributed by atoms with Crippen LogP contribution in [0.15, 0.2) is 47.6 Å². The van der Waals surface area contributed by atoms with Crippen LogP contribution in [0.2, 0.25) is 0 Å². The number of hydrazone groups is 1. The van der Waals surface area contributed by atoms with E-state index in [-0.39, 0.29) is 5.69 Å². The first-order chi connectivity index (χ1) is 10.6. The molecule has 2 aromatic carbocycles. The maximum Gasteiger partial charge on any atom is 0.269 e. The van der Waals surface area contributed by atoms with Crippen LogP contribution in [0.4, 0.5) is 11.4 Å². The number of non-ortho nitro benzene ring substituents is 1. The van der Waals surface area contributed by atoms with E-state index < -0.39 is 4.92 Å². The summed E-state index contributed by atoms with van der Waals surface area (Å²) in [7, 11) is 3.13. The Bertz CT molecular complexity index is 684. The van der Waals surface area contributed by atoms with Crippen molar-refractivity contribution in [2.24, 2.45) is 5.10 Å². The average molecular weight is 301 g/mol. The molecule has 7 nitrogen and oxygen atoms in total. The van der Waals surface area contributed by atoms with Crippen molar-refractivity contribution < 1.29 is 14.4 Å². The molecule has 7 heteroatoms. The number of rotatable bonds is 6. The Morgan fingerprint density at radius 3 is 2.36 bits per heavy atom. The number of benzene rings is 2. The summed E-state index contributed by atoms with van der Waals surface area (Å²) in [4.78, 5) is 10.1. The van der Waals surface area contributed by atoms with E-state index >= 15 is 0 Å². The van der Waals surface area contributed by atoms with E-state index in [9.17, 15) is 10.1 Å². The largest absolute Gasteiger partial charge is 0.493 e. The van der Waals surface area contributed by atoms with Gasteiger partial charge in [-0.15, -0.1) is 0 Å². The van der Waals surface area contributed by atoms with Crippen molar-refractivity contribution in [2.45, 2.75) is 0 Å². The summed E-state index contributed by atoms with van der Waals surface area (Å²) in [6, 6.07) is 11.4. The molecule has 0 aromatic heterocycles. The number of hydrogen-bond acceptors (Lipinski definition) is 6. The lowest BCUT2D eigenvalue weighted by molar-refractivity contribution is -0.384. The average Bonchev–Trinajstić information content (AvgIpc) is 2.55. The van der Waals surface area contributed by atoms with E-state index in [1.807, 2.05) is 6.07 Å². The van der Waals surface area contributed by atoms with Crippen LogP contribution in [0, 0.1) is 10.1 Å². The van der Waals surface area contributed by atoms with Crippen molar-refractivity contribution in [3.05, 3.63) is 58.1 Å². The number of anilines is 1. The number of hydrogen-bond donors (Lipinski definition) is 1. The summed E-state index contributed by atoms with van der Waals surface area (Å²) in [5.41, 5.74) is 4.32. The summed E-state index contributed by atoms with van der Waals surface area (Å²) < 4.78 is 10.4. The summed E-state index contributed by atoms with van der Waals surface area (Å²) in [5.74, 6) is 1.25. The maximum atomic E-state index is 10.6. The molecule has 22 heavy (non-hydrogen) atoms. The van der Waals surface area contributed by atoms with Crippen molar-refractivity contribution >= 4 is 17.6 Å². The van der Waals surface area contributed by atoms with Crippen molar-refractivity contribution in [2.75, 3.05) is 19.6 Å². The number of methoxy groups -OCH3 is 2. The highest BCUT2D eigenvalue weighted by molar-refractivity contribution is 5.81. The molecule has 0 amide bonds. The second-order valence-electron chi connectivity index (χ2n) is 4.29. The van der Waals surface area contributed by atoms with Crippen LogP contribution >= 0.6 is 0 Å². The summed E-state index contributed by atoms with van der Waals surface area (Å²) in [6.45, 7) is 0. The Kier molecular flexibility index (Phi) is 4.92. The van der Waals surface area contributed by atoms with Crippen LogP contribution in [-0.4, -0.2) is 25.4 Å². The standard InChI is InChI=1S/C15H15N3O4/c1-21-14-8-3-11(9-15(14)22-2)10-16-17-12-4-6-13(7-5-12)18(19)20/h3-10,17H,1-2H3/b16-10+. The van der Waals surface area contributed by atoms with E-state index in [0.29, 0.717) is 17.2 Å². The number of nitro benzene ring substituents is 1. The molecule has 0 unspecified atom stereocenters. The quantitative estimate of drug-likeness (QED) is 0.503. The molecular weight excluding hydrogens is 286 g/mol. The van der Waals surface area contributed by atoms with E-state index in [1.165, 1.54) is 12.1 Å². The molecule has 0 atom stereocenters. The van der Waals surface area contributed by atoms with Crippen LogP contribution in [-0.2, 0) is 0 Å². The number of ether oxygens (including phenoxy) is 2. The minimum atomic E-state index is -0.448. The van der Waals surface area contributed by atoms with Gasteiger partial charge < -0.3 is 9.47 Å². The fourth-order valence-electron chi connectivity index (χ4n) is 1.77. The first-order valence-electron chi connectivity index (χ1n) is 6.39. The fraction of sp³-hybridized carbons (Fsp3) is 0.133. The molecule has 0 aliphatic heterocycles. The third-order valence-corrected chi connectivity index (χ3v) is 2.89. The van der Waals surface area contributed by atoms with Gasteiger partial charge in [0.1, 0.15) is 0 Å². The highest BCUT2D eigenvalue weighted by Gasteiger charge is 2.04. The zero-order valence-corrected chi connectivity index (χ0v) is 12.1. The van der Waals surface area contributed by atoms with Crippen LogP contribution < -0.4 is 14.9 Å². The predicted octanol–water partition coefficient (Wildman–Crippen LogP) is 3.06. The zero-order chi connectivity index (χ0) is 15.9. The van der Waals surface area contributed by atoms with Gasteiger partial charge in [-0.25, -0.2) is 0 Å². The smallest absolute Gasteiger partial charge is 0.269 e. The third-order valence-electron chi connectivity index (χ3n) is 2.89. The van der Waals surface area contributed by atoms with Gasteiger partial charge in [0, 0.05) is 12.1 Å². The fourth-order valence-corrected chi connectivity index (χ4v) is 1.77. The molecule has 0 saturated carbocycles. The molecule has 0 heterocycles. The minimum Gasteiger partial charge on any atom is -0.493 e. The van der Waals surface area contributed by atoms with Crippen LogP contribution in [0.3, 0.4) is 0 Å². The monoisotopic (exact) mass is 301 g/mol. The van der Waals surface area contributed by atoms with Gasteiger partial charge >= 0.3 is 0 Å². The summed E-state index contributed by atoms with van der Waals surface area (Å²) in [5, 5.41) is 14.6. The molecule has 0 bridgehead atoms. The zero-order valence-electron chi connectivity index (χ0n) is 12.1. The lowest BCUT2D eigenvalue weighted by Gasteiger charge is -2.07. The van der Waals surface area contributed by atoms with Gasteiger partial charge in [0.25, 0.3) is 5.69 Å². The molecule has 0 aliphatic rings. The second kappa shape index (κ2) is 7.07. The number of nitrogens with one attached hydrogen (secondary N) is 1. The Labute approximate surface area is 127 Å². The number of nitro groups is 1. The maximum absolute atomic E-state index is 10.6. The lowest BCUT2D eigenvalue weighted by Crippen LogP contribution is -1.94. The van der Waals surface area contributed by atoms with Crippen molar-refractivity contribution in [3.63, 3.8) is 0 Å². The van der Waals surface area contributed by atoms with E-state index in [1.54, 1.807) is 44.7 Å². The van der Waals surface area contributed by atoms with Gasteiger partial charge in [-0.1, -0.05) is 0 Å². The van der Waals surface area contributed by atoms with Crippen molar-refractivity contribution in [1.29, 1.82) is 0 Å². The van der Waals surface area contributed by atoms with Gasteiger partial charge in [-0.2, -0.15) is 5.10 Å². The van der Waals surface area contributed by atoms with Crippen LogP contribution in [0.5, 0.6) is 11.5 Å². The summed E-state index contributed by atoms with van der Waals surface area (Å²) in [6.07, 6.45) is 1.61. The molecule has 2 aromatic rings. The lowest BCUT2D eigenvalue weighted by atomic mass is 10.2. The number of nitrogens with zero attached hydrogens (tertiary/aromatic N) is 2. The normalized spacial score (nSPS) is 10.5.